The van der Waals surface area contributed by atoms with Gasteiger partial charge in [-0.3, -0.25) is 0 Å². The highest BCUT2D eigenvalue weighted by Gasteiger charge is 2.07. The standard InChI is InChI=1S/C9H9NO2S/c1-12-9(11)8-5-4-7(13-8)3-2-6-10/h4-5H,6,10H2,1H3. The summed E-state index contributed by atoms with van der Waals surface area (Å²) in [7, 11) is 1.35. The molecule has 0 saturated carbocycles. The molecule has 1 aromatic rings. The van der Waals surface area contributed by atoms with Crippen LogP contribution in [0.5, 0.6) is 0 Å². The summed E-state index contributed by atoms with van der Waals surface area (Å²) in [6.45, 7) is 0.325. The van der Waals surface area contributed by atoms with Crippen LogP contribution in [-0.2, 0) is 4.74 Å². The fourth-order valence-corrected chi connectivity index (χ4v) is 1.55. The predicted octanol–water partition coefficient (Wildman–Crippen LogP) is 0.845. The molecule has 68 valence electrons. The lowest BCUT2D eigenvalue weighted by Gasteiger charge is -1.90. The molecule has 0 fully saturated rings. The lowest BCUT2D eigenvalue weighted by atomic mass is 10.4. The smallest absolute Gasteiger partial charge is 0.348 e. The van der Waals surface area contributed by atoms with Gasteiger partial charge in [-0.05, 0) is 12.1 Å². The van der Waals surface area contributed by atoms with Crippen molar-refractivity contribution in [2.24, 2.45) is 5.73 Å². The fourth-order valence-electron chi connectivity index (χ4n) is 0.754. The second-order valence-electron chi connectivity index (χ2n) is 2.16. The number of hydrogen-bond acceptors (Lipinski definition) is 4. The second kappa shape index (κ2) is 4.65. The van der Waals surface area contributed by atoms with E-state index in [2.05, 4.69) is 16.6 Å². The van der Waals surface area contributed by atoms with Crippen LogP contribution >= 0.6 is 11.3 Å². The quantitative estimate of drug-likeness (QED) is 0.533. The number of carbonyl (C=O) groups is 1. The molecule has 0 amide bonds. The van der Waals surface area contributed by atoms with Gasteiger partial charge >= 0.3 is 5.97 Å². The van der Waals surface area contributed by atoms with Crippen molar-refractivity contribution in [3.8, 4) is 11.8 Å². The predicted molar refractivity (Wildman–Crippen MR) is 51.6 cm³/mol. The Balaban J connectivity index is 2.80. The summed E-state index contributed by atoms with van der Waals surface area (Å²) in [5.41, 5.74) is 5.21. The van der Waals surface area contributed by atoms with Gasteiger partial charge in [0.2, 0.25) is 0 Å². The molecule has 0 radical (unpaired) electrons. The molecular weight excluding hydrogens is 186 g/mol. The van der Waals surface area contributed by atoms with E-state index in [4.69, 9.17) is 5.73 Å². The van der Waals surface area contributed by atoms with Crippen molar-refractivity contribution in [2.75, 3.05) is 13.7 Å². The van der Waals surface area contributed by atoms with Crippen molar-refractivity contribution in [1.82, 2.24) is 0 Å². The zero-order valence-corrected chi connectivity index (χ0v) is 7.98. The molecule has 13 heavy (non-hydrogen) atoms. The van der Waals surface area contributed by atoms with Crippen LogP contribution in [0.2, 0.25) is 0 Å². The van der Waals surface area contributed by atoms with Crippen LogP contribution in [0.4, 0.5) is 0 Å². The Hall–Kier alpha value is -1.31. The number of esters is 1. The Morgan fingerprint density at radius 1 is 1.69 bits per heavy atom. The highest BCUT2D eigenvalue weighted by molar-refractivity contribution is 7.14. The third-order valence-electron chi connectivity index (χ3n) is 1.31. The van der Waals surface area contributed by atoms with Gasteiger partial charge in [-0.15, -0.1) is 11.3 Å². The van der Waals surface area contributed by atoms with Crippen LogP contribution < -0.4 is 5.73 Å². The number of nitrogens with two attached hydrogens (primary N) is 1. The number of thiophene rings is 1. The summed E-state index contributed by atoms with van der Waals surface area (Å²) < 4.78 is 4.55. The molecule has 0 saturated heterocycles. The maximum absolute atomic E-state index is 11.0. The van der Waals surface area contributed by atoms with Gasteiger partial charge in [0.05, 0.1) is 18.5 Å². The number of methoxy groups -OCH3 is 1. The normalized spacial score (nSPS) is 8.77. The van der Waals surface area contributed by atoms with E-state index in [0.29, 0.717) is 11.4 Å². The molecule has 0 atom stereocenters. The number of carbonyl (C=O) groups excluding carboxylic acids is 1. The lowest BCUT2D eigenvalue weighted by Crippen LogP contribution is -1.96. The first-order chi connectivity index (χ1) is 6.27. The molecular formula is C9H9NO2S. The molecule has 3 nitrogen and oxygen atoms in total. The Morgan fingerprint density at radius 2 is 2.46 bits per heavy atom. The Kier molecular flexibility index (Phi) is 3.50. The van der Waals surface area contributed by atoms with Crippen molar-refractivity contribution in [3.63, 3.8) is 0 Å². The van der Waals surface area contributed by atoms with E-state index >= 15 is 0 Å². The van der Waals surface area contributed by atoms with Crippen LogP contribution in [0.1, 0.15) is 14.5 Å². The van der Waals surface area contributed by atoms with E-state index in [9.17, 15) is 4.79 Å². The van der Waals surface area contributed by atoms with Gasteiger partial charge in [0.25, 0.3) is 0 Å². The largest absolute Gasteiger partial charge is 0.465 e. The minimum atomic E-state index is -0.328. The van der Waals surface area contributed by atoms with E-state index in [0.717, 1.165) is 4.88 Å². The molecule has 0 aliphatic heterocycles. The average Bonchev–Trinajstić information content (AvgIpc) is 2.62. The minimum absolute atomic E-state index is 0.325. The molecule has 0 unspecified atom stereocenters. The molecule has 0 aromatic carbocycles. The van der Waals surface area contributed by atoms with Crippen molar-refractivity contribution in [3.05, 3.63) is 21.9 Å². The Morgan fingerprint density at radius 3 is 3.08 bits per heavy atom. The first-order valence-electron chi connectivity index (χ1n) is 3.65. The summed E-state index contributed by atoms with van der Waals surface area (Å²) in [6.07, 6.45) is 0. The van der Waals surface area contributed by atoms with Gasteiger partial charge in [0.15, 0.2) is 0 Å². The third-order valence-corrected chi connectivity index (χ3v) is 2.29. The van der Waals surface area contributed by atoms with E-state index < -0.39 is 0 Å². The molecule has 0 aliphatic rings. The van der Waals surface area contributed by atoms with Crippen molar-refractivity contribution < 1.29 is 9.53 Å². The molecule has 1 aromatic heterocycles. The fraction of sp³-hybridized carbons (Fsp3) is 0.222. The number of rotatable bonds is 1. The van der Waals surface area contributed by atoms with Crippen LogP contribution in [0, 0.1) is 11.8 Å². The number of ether oxygens (including phenoxy) is 1. The molecule has 0 spiro atoms. The molecule has 0 aliphatic carbocycles. The summed E-state index contributed by atoms with van der Waals surface area (Å²) >= 11 is 1.30. The monoisotopic (exact) mass is 195 g/mol. The summed E-state index contributed by atoms with van der Waals surface area (Å²) in [5.74, 6) is 5.22. The topological polar surface area (TPSA) is 52.3 Å². The van der Waals surface area contributed by atoms with E-state index in [1.807, 2.05) is 0 Å². The van der Waals surface area contributed by atoms with Crippen molar-refractivity contribution in [1.29, 1.82) is 0 Å². The average molecular weight is 195 g/mol. The van der Waals surface area contributed by atoms with E-state index in [-0.39, 0.29) is 5.97 Å². The zero-order valence-electron chi connectivity index (χ0n) is 7.16. The molecule has 2 N–H and O–H groups in total. The summed E-state index contributed by atoms with van der Waals surface area (Å²) in [5, 5.41) is 0. The van der Waals surface area contributed by atoms with Crippen LogP contribution in [-0.4, -0.2) is 19.6 Å². The highest BCUT2D eigenvalue weighted by Crippen LogP contribution is 2.15. The lowest BCUT2D eigenvalue weighted by molar-refractivity contribution is 0.0606. The third kappa shape index (κ3) is 2.58. The first-order valence-corrected chi connectivity index (χ1v) is 4.46. The first kappa shape index (κ1) is 9.78. The minimum Gasteiger partial charge on any atom is -0.465 e. The van der Waals surface area contributed by atoms with Crippen LogP contribution in [0.3, 0.4) is 0 Å². The van der Waals surface area contributed by atoms with Gasteiger partial charge in [-0.25, -0.2) is 4.79 Å². The molecule has 1 heterocycles. The van der Waals surface area contributed by atoms with Gasteiger partial charge in [-0.2, -0.15) is 0 Å². The number of hydrogen-bond donors (Lipinski definition) is 1. The SMILES string of the molecule is COC(=O)c1ccc(C#CCN)s1. The zero-order chi connectivity index (χ0) is 9.68. The maximum Gasteiger partial charge on any atom is 0.348 e. The Labute approximate surface area is 80.5 Å². The van der Waals surface area contributed by atoms with Crippen molar-refractivity contribution >= 4 is 17.3 Å². The van der Waals surface area contributed by atoms with Gasteiger partial charge < -0.3 is 10.5 Å². The van der Waals surface area contributed by atoms with Gasteiger partial charge in [0, 0.05) is 0 Å². The summed E-state index contributed by atoms with van der Waals surface area (Å²) in [6, 6.07) is 3.47. The maximum atomic E-state index is 11.0. The van der Waals surface area contributed by atoms with Crippen LogP contribution in [0.25, 0.3) is 0 Å². The Bertz CT molecular complexity index is 359. The van der Waals surface area contributed by atoms with E-state index in [1.165, 1.54) is 18.4 Å². The molecule has 4 heteroatoms. The second-order valence-corrected chi connectivity index (χ2v) is 3.25. The van der Waals surface area contributed by atoms with Gasteiger partial charge in [0.1, 0.15) is 4.88 Å². The van der Waals surface area contributed by atoms with Crippen molar-refractivity contribution in [2.45, 2.75) is 0 Å². The van der Waals surface area contributed by atoms with Gasteiger partial charge in [-0.1, -0.05) is 11.8 Å². The molecule has 1 rings (SSSR count). The highest BCUT2D eigenvalue weighted by atomic mass is 32.1. The van der Waals surface area contributed by atoms with Crippen LogP contribution in [0.15, 0.2) is 12.1 Å². The summed E-state index contributed by atoms with van der Waals surface area (Å²) in [4.78, 5) is 12.4. The van der Waals surface area contributed by atoms with E-state index in [1.54, 1.807) is 12.1 Å². The molecule has 0 bridgehead atoms.